The third kappa shape index (κ3) is 2.55. The molecule has 60 valence electrons. The van der Waals surface area contributed by atoms with Crippen LogP contribution < -0.4 is 0 Å². The van der Waals surface area contributed by atoms with E-state index in [2.05, 4.69) is 5.10 Å². The Morgan fingerprint density at radius 3 is 2.64 bits per heavy atom. The van der Waals surface area contributed by atoms with Crippen LogP contribution in [0.15, 0.2) is 29.6 Å². The largest absolute Gasteiger partial charge is 0.396 e. The predicted octanol–water partition coefficient (Wildman–Crippen LogP) is 1.09. The monoisotopic (exact) mass is 152 g/mol. The standard InChI is InChI=1S/C8H12N2O/c1-8(4-7-11)9-10-5-2-3-6-10/h2-3,5-6,11H,4,7H2,1H3/b9-8-. The second-order valence-corrected chi connectivity index (χ2v) is 2.37. The highest BCUT2D eigenvalue weighted by atomic mass is 16.3. The normalized spacial score (nSPS) is 12.0. The second-order valence-electron chi connectivity index (χ2n) is 2.37. The summed E-state index contributed by atoms with van der Waals surface area (Å²) in [6.07, 6.45) is 4.36. The van der Waals surface area contributed by atoms with Gasteiger partial charge in [-0.1, -0.05) is 0 Å². The summed E-state index contributed by atoms with van der Waals surface area (Å²) in [4.78, 5) is 0. The van der Waals surface area contributed by atoms with Gasteiger partial charge in [0, 0.05) is 31.1 Å². The first-order valence-electron chi connectivity index (χ1n) is 3.61. The number of hydrogen-bond acceptors (Lipinski definition) is 2. The maximum Gasteiger partial charge on any atom is 0.0483 e. The molecule has 3 nitrogen and oxygen atoms in total. The zero-order valence-corrected chi connectivity index (χ0v) is 6.57. The van der Waals surface area contributed by atoms with Gasteiger partial charge in [-0.2, -0.15) is 5.10 Å². The van der Waals surface area contributed by atoms with Crippen molar-refractivity contribution in [3.63, 3.8) is 0 Å². The first kappa shape index (κ1) is 8.01. The van der Waals surface area contributed by atoms with E-state index >= 15 is 0 Å². The van der Waals surface area contributed by atoms with E-state index in [1.165, 1.54) is 0 Å². The van der Waals surface area contributed by atoms with Crippen molar-refractivity contribution in [1.29, 1.82) is 0 Å². The minimum atomic E-state index is 0.163. The summed E-state index contributed by atoms with van der Waals surface area (Å²) in [6.45, 7) is 2.06. The van der Waals surface area contributed by atoms with Gasteiger partial charge in [0.05, 0.1) is 0 Å². The lowest BCUT2D eigenvalue weighted by atomic mass is 10.3. The Labute approximate surface area is 66.0 Å². The molecule has 1 rings (SSSR count). The lowest BCUT2D eigenvalue weighted by Gasteiger charge is -1.96. The summed E-state index contributed by atoms with van der Waals surface area (Å²) < 4.78 is 1.73. The van der Waals surface area contributed by atoms with Gasteiger partial charge in [0.25, 0.3) is 0 Å². The van der Waals surface area contributed by atoms with E-state index in [1.54, 1.807) is 4.68 Å². The molecule has 0 spiro atoms. The van der Waals surface area contributed by atoms with Crippen LogP contribution in [0.25, 0.3) is 0 Å². The van der Waals surface area contributed by atoms with Crippen LogP contribution in [0.4, 0.5) is 0 Å². The fourth-order valence-electron chi connectivity index (χ4n) is 0.801. The van der Waals surface area contributed by atoms with Gasteiger partial charge in [0.15, 0.2) is 0 Å². The first-order chi connectivity index (χ1) is 5.33. The molecule has 1 N–H and O–H groups in total. The molecule has 0 amide bonds. The number of aliphatic hydroxyl groups is 1. The lowest BCUT2D eigenvalue weighted by molar-refractivity contribution is 0.306. The number of nitrogens with zero attached hydrogens (tertiary/aromatic N) is 2. The van der Waals surface area contributed by atoms with Crippen LogP contribution in [0.3, 0.4) is 0 Å². The lowest BCUT2D eigenvalue weighted by Crippen LogP contribution is -1.98. The SMILES string of the molecule is C/C(CCO)=N/n1cccc1. The van der Waals surface area contributed by atoms with E-state index < -0.39 is 0 Å². The molecule has 1 aromatic rings. The van der Waals surface area contributed by atoms with Crippen molar-refractivity contribution >= 4 is 5.71 Å². The highest BCUT2D eigenvalue weighted by molar-refractivity contribution is 5.81. The minimum Gasteiger partial charge on any atom is -0.396 e. The molecule has 0 saturated heterocycles. The van der Waals surface area contributed by atoms with Crippen LogP contribution in [0.5, 0.6) is 0 Å². The van der Waals surface area contributed by atoms with Gasteiger partial charge >= 0.3 is 0 Å². The summed E-state index contributed by atoms with van der Waals surface area (Å²) >= 11 is 0. The second kappa shape index (κ2) is 3.93. The van der Waals surface area contributed by atoms with Crippen LogP contribution in [0.2, 0.25) is 0 Å². The summed E-state index contributed by atoms with van der Waals surface area (Å²) in [5.74, 6) is 0. The molecule has 11 heavy (non-hydrogen) atoms. The molecular weight excluding hydrogens is 140 g/mol. The van der Waals surface area contributed by atoms with E-state index in [-0.39, 0.29) is 6.61 Å². The van der Waals surface area contributed by atoms with E-state index in [0.29, 0.717) is 6.42 Å². The van der Waals surface area contributed by atoms with E-state index in [9.17, 15) is 0 Å². The molecule has 1 aromatic heterocycles. The van der Waals surface area contributed by atoms with Crippen molar-refractivity contribution in [3.05, 3.63) is 24.5 Å². The molecule has 3 heteroatoms. The Kier molecular flexibility index (Phi) is 2.86. The molecule has 0 bridgehead atoms. The van der Waals surface area contributed by atoms with Crippen molar-refractivity contribution in [2.75, 3.05) is 6.61 Å². The fourth-order valence-corrected chi connectivity index (χ4v) is 0.801. The predicted molar refractivity (Wildman–Crippen MR) is 44.6 cm³/mol. The van der Waals surface area contributed by atoms with Crippen LogP contribution in [0.1, 0.15) is 13.3 Å². The Morgan fingerprint density at radius 2 is 2.09 bits per heavy atom. The topological polar surface area (TPSA) is 37.5 Å². The summed E-state index contributed by atoms with van der Waals surface area (Å²) in [5.41, 5.74) is 0.934. The van der Waals surface area contributed by atoms with E-state index in [4.69, 9.17) is 5.11 Å². The Balaban J connectivity index is 2.58. The maximum absolute atomic E-state index is 8.58. The molecule has 0 radical (unpaired) electrons. The Hall–Kier alpha value is -1.09. The molecule has 0 atom stereocenters. The van der Waals surface area contributed by atoms with Gasteiger partial charge in [-0.3, -0.25) is 0 Å². The average Bonchev–Trinajstić information content (AvgIpc) is 2.40. The maximum atomic E-state index is 8.58. The number of aliphatic hydroxyl groups excluding tert-OH is 1. The molecular formula is C8H12N2O. The highest BCUT2D eigenvalue weighted by Gasteiger charge is 1.89. The van der Waals surface area contributed by atoms with Gasteiger partial charge in [-0.05, 0) is 19.1 Å². The number of rotatable bonds is 3. The quantitative estimate of drug-likeness (QED) is 0.647. The van der Waals surface area contributed by atoms with Crippen LogP contribution >= 0.6 is 0 Å². The summed E-state index contributed by atoms with van der Waals surface area (Å²) in [7, 11) is 0. The van der Waals surface area contributed by atoms with Crippen molar-refractivity contribution in [2.45, 2.75) is 13.3 Å². The zero-order valence-electron chi connectivity index (χ0n) is 6.57. The molecule has 0 aromatic carbocycles. The van der Waals surface area contributed by atoms with Crippen LogP contribution in [-0.2, 0) is 0 Å². The zero-order chi connectivity index (χ0) is 8.10. The van der Waals surface area contributed by atoms with Gasteiger partial charge in [0.1, 0.15) is 0 Å². The first-order valence-corrected chi connectivity index (χ1v) is 3.61. The van der Waals surface area contributed by atoms with Crippen molar-refractivity contribution in [2.24, 2.45) is 5.10 Å². The molecule has 0 aliphatic heterocycles. The molecule has 0 aliphatic carbocycles. The third-order valence-corrected chi connectivity index (χ3v) is 1.35. The van der Waals surface area contributed by atoms with Gasteiger partial charge in [-0.15, -0.1) is 0 Å². The summed E-state index contributed by atoms with van der Waals surface area (Å²) in [6, 6.07) is 3.82. The third-order valence-electron chi connectivity index (χ3n) is 1.35. The molecule has 0 fully saturated rings. The van der Waals surface area contributed by atoms with Gasteiger partial charge in [-0.25, -0.2) is 4.68 Å². The Morgan fingerprint density at radius 1 is 1.45 bits per heavy atom. The molecule has 0 aliphatic rings. The number of aromatic nitrogens is 1. The highest BCUT2D eigenvalue weighted by Crippen LogP contribution is 1.91. The van der Waals surface area contributed by atoms with Crippen molar-refractivity contribution in [3.8, 4) is 0 Å². The van der Waals surface area contributed by atoms with Crippen molar-refractivity contribution < 1.29 is 5.11 Å². The van der Waals surface area contributed by atoms with E-state index in [0.717, 1.165) is 5.71 Å². The average molecular weight is 152 g/mol. The van der Waals surface area contributed by atoms with Crippen LogP contribution in [-0.4, -0.2) is 22.1 Å². The molecule has 0 saturated carbocycles. The fraction of sp³-hybridized carbons (Fsp3) is 0.375. The molecule has 0 unspecified atom stereocenters. The smallest absolute Gasteiger partial charge is 0.0483 e. The number of hydrogen-bond donors (Lipinski definition) is 1. The van der Waals surface area contributed by atoms with Gasteiger partial charge < -0.3 is 5.11 Å². The van der Waals surface area contributed by atoms with Crippen molar-refractivity contribution in [1.82, 2.24) is 4.68 Å². The summed E-state index contributed by atoms with van der Waals surface area (Å²) in [5, 5.41) is 12.8. The van der Waals surface area contributed by atoms with Crippen LogP contribution in [0, 0.1) is 0 Å². The van der Waals surface area contributed by atoms with E-state index in [1.807, 2.05) is 31.5 Å². The molecule has 1 heterocycles. The minimum absolute atomic E-state index is 0.163. The van der Waals surface area contributed by atoms with Gasteiger partial charge in [0.2, 0.25) is 0 Å². The Bertz CT molecular complexity index is 226.